The SMILES string of the molecule is Cc1ccccc1N1C(=O)/C(=C/C=C/c2ccco2)C(=O)NC1=S. The molecule has 0 radical (unpaired) electrons. The molecule has 24 heavy (non-hydrogen) atoms. The number of nitrogens with zero attached hydrogens (tertiary/aromatic N) is 1. The lowest BCUT2D eigenvalue weighted by molar-refractivity contribution is -0.122. The van der Waals surface area contributed by atoms with Gasteiger partial charge in [-0.1, -0.05) is 24.3 Å². The second kappa shape index (κ2) is 6.64. The number of amides is 2. The van der Waals surface area contributed by atoms with Gasteiger partial charge in [-0.25, -0.2) is 0 Å². The molecular weight excluding hydrogens is 324 g/mol. The zero-order chi connectivity index (χ0) is 17.1. The molecule has 0 unspecified atom stereocenters. The minimum absolute atomic E-state index is 0.00894. The molecule has 6 heteroatoms. The summed E-state index contributed by atoms with van der Waals surface area (Å²) >= 11 is 5.17. The predicted molar refractivity (Wildman–Crippen MR) is 95.2 cm³/mol. The molecule has 1 aromatic carbocycles. The molecule has 2 amide bonds. The fourth-order valence-electron chi connectivity index (χ4n) is 2.34. The van der Waals surface area contributed by atoms with E-state index in [4.69, 9.17) is 16.6 Å². The average molecular weight is 338 g/mol. The molecule has 0 bridgehead atoms. The molecule has 2 aromatic rings. The number of aryl methyl sites for hydroxylation is 1. The van der Waals surface area contributed by atoms with E-state index in [1.54, 1.807) is 36.6 Å². The monoisotopic (exact) mass is 338 g/mol. The number of rotatable bonds is 3. The smallest absolute Gasteiger partial charge is 0.270 e. The number of carbonyl (C=O) groups excluding carboxylic acids is 2. The molecule has 1 fully saturated rings. The van der Waals surface area contributed by atoms with Crippen molar-refractivity contribution in [1.29, 1.82) is 0 Å². The topological polar surface area (TPSA) is 62.6 Å². The Bertz CT molecular complexity index is 866. The van der Waals surface area contributed by atoms with Crippen LogP contribution in [0.25, 0.3) is 6.08 Å². The average Bonchev–Trinajstić information content (AvgIpc) is 3.05. The summed E-state index contributed by atoms with van der Waals surface area (Å²) in [5, 5.41) is 2.63. The first-order valence-electron chi connectivity index (χ1n) is 7.25. The number of hydrogen-bond acceptors (Lipinski definition) is 4. The van der Waals surface area contributed by atoms with Crippen molar-refractivity contribution in [3.8, 4) is 0 Å². The summed E-state index contributed by atoms with van der Waals surface area (Å²) < 4.78 is 5.17. The number of thiocarbonyl (C=S) groups is 1. The van der Waals surface area contributed by atoms with Gasteiger partial charge in [0.25, 0.3) is 11.8 Å². The third-order valence-corrected chi connectivity index (χ3v) is 3.81. The minimum atomic E-state index is -0.515. The molecule has 1 aromatic heterocycles. The number of carbonyl (C=O) groups is 2. The summed E-state index contributed by atoms with van der Waals surface area (Å²) in [5.74, 6) is -0.345. The Kier molecular flexibility index (Phi) is 4.39. The van der Waals surface area contributed by atoms with Crippen LogP contribution in [0.3, 0.4) is 0 Å². The van der Waals surface area contributed by atoms with E-state index in [2.05, 4.69) is 5.32 Å². The predicted octanol–water partition coefficient (Wildman–Crippen LogP) is 2.98. The molecule has 120 valence electrons. The fraction of sp³-hybridized carbons (Fsp3) is 0.0556. The Balaban J connectivity index is 1.93. The van der Waals surface area contributed by atoms with Gasteiger partial charge in [0.2, 0.25) is 0 Å². The number of allylic oxidation sites excluding steroid dienone is 2. The van der Waals surface area contributed by atoms with E-state index in [0.717, 1.165) is 5.56 Å². The fourth-order valence-corrected chi connectivity index (χ4v) is 2.61. The number of benzene rings is 1. The molecule has 0 saturated carbocycles. The van der Waals surface area contributed by atoms with Crippen molar-refractivity contribution in [3.05, 3.63) is 71.7 Å². The second-order valence-corrected chi connectivity index (χ2v) is 5.53. The van der Waals surface area contributed by atoms with Gasteiger partial charge in [-0.15, -0.1) is 0 Å². The highest BCUT2D eigenvalue weighted by Gasteiger charge is 2.34. The largest absolute Gasteiger partial charge is 0.465 e. The van der Waals surface area contributed by atoms with Crippen molar-refractivity contribution >= 4 is 40.9 Å². The Morgan fingerprint density at radius 1 is 1.17 bits per heavy atom. The first-order chi connectivity index (χ1) is 11.6. The molecule has 0 atom stereocenters. The second-order valence-electron chi connectivity index (χ2n) is 5.14. The molecule has 5 nitrogen and oxygen atoms in total. The van der Waals surface area contributed by atoms with Gasteiger partial charge in [-0.3, -0.25) is 19.8 Å². The van der Waals surface area contributed by atoms with E-state index in [1.165, 1.54) is 11.0 Å². The van der Waals surface area contributed by atoms with Crippen molar-refractivity contribution in [2.45, 2.75) is 6.92 Å². The van der Waals surface area contributed by atoms with E-state index in [9.17, 15) is 9.59 Å². The van der Waals surface area contributed by atoms with Gasteiger partial charge >= 0.3 is 0 Å². The number of anilines is 1. The molecule has 0 aliphatic carbocycles. The van der Waals surface area contributed by atoms with Crippen LogP contribution >= 0.6 is 12.2 Å². The molecule has 3 rings (SSSR count). The van der Waals surface area contributed by atoms with Gasteiger partial charge in [0.15, 0.2) is 5.11 Å². The number of nitrogens with one attached hydrogen (secondary N) is 1. The summed E-state index contributed by atoms with van der Waals surface area (Å²) in [6.07, 6.45) is 6.26. The Morgan fingerprint density at radius 3 is 2.67 bits per heavy atom. The number of para-hydroxylation sites is 1. The standard InChI is InChI=1S/C18H14N2O3S/c1-12-6-2-3-10-15(12)20-17(22)14(16(21)19-18(20)24)9-4-7-13-8-5-11-23-13/h2-11H,1H3,(H,19,21,24)/b7-4+,14-9+. The maximum absolute atomic E-state index is 12.7. The van der Waals surface area contributed by atoms with Crippen molar-refractivity contribution < 1.29 is 14.0 Å². The number of hydrogen-bond donors (Lipinski definition) is 1. The Hall–Kier alpha value is -2.99. The van der Waals surface area contributed by atoms with Crippen LogP contribution in [-0.4, -0.2) is 16.9 Å². The summed E-state index contributed by atoms with van der Waals surface area (Å²) in [6, 6.07) is 10.9. The van der Waals surface area contributed by atoms with Crippen LogP contribution < -0.4 is 10.2 Å². The summed E-state index contributed by atoms with van der Waals surface area (Å²) in [6.45, 7) is 1.88. The van der Waals surface area contributed by atoms with E-state index < -0.39 is 11.8 Å². The molecule has 1 aliphatic heterocycles. The van der Waals surface area contributed by atoms with E-state index >= 15 is 0 Å². The van der Waals surface area contributed by atoms with Gasteiger partial charge in [0, 0.05) is 0 Å². The first kappa shape index (κ1) is 15.9. The van der Waals surface area contributed by atoms with Gasteiger partial charge in [0.1, 0.15) is 11.3 Å². The van der Waals surface area contributed by atoms with E-state index in [0.29, 0.717) is 11.4 Å². The zero-order valence-corrected chi connectivity index (χ0v) is 13.7. The molecule has 1 N–H and O–H groups in total. The van der Waals surface area contributed by atoms with Gasteiger partial charge in [-0.2, -0.15) is 0 Å². The van der Waals surface area contributed by atoms with Crippen LogP contribution in [0.1, 0.15) is 11.3 Å². The van der Waals surface area contributed by atoms with Gasteiger partial charge in [0.05, 0.1) is 12.0 Å². The molecular formula is C18H14N2O3S. The highest BCUT2D eigenvalue weighted by Crippen LogP contribution is 2.24. The van der Waals surface area contributed by atoms with Crippen LogP contribution in [0, 0.1) is 6.92 Å². The van der Waals surface area contributed by atoms with E-state index in [1.807, 2.05) is 25.1 Å². The maximum Gasteiger partial charge on any atom is 0.270 e. The van der Waals surface area contributed by atoms with Crippen molar-refractivity contribution in [3.63, 3.8) is 0 Å². The van der Waals surface area contributed by atoms with Crippen LogP contribution in [0.5, 0.6) is 0 Å². The third-order valence-electron chi connectivity index (χ3n) is 3.52. The highest BCUT2D eigenvalue weighted by atomic mass is 32.1. The van der Waals surface area contributed by atoms with Crippen molar-refractivity contribution in [2.24, 2.45) is 0 Å². The summed E-state index contributed by atoms with van der Waals surface area (Å²) in [7, 11) is 0. The third kappa shape index (κ3) is 3.04. The maximum atomic E-state index is 12.7. The van der Waals surface area contributed by atoms with E-state index in [-0.39, 0.29) is 10.7 Å². The first-order valence-corrected chi connectivity index (χ1v) is 7.66. The van der Waals surface area contributed by atoms with Gasteiger partial charge < -0.3 is 4.42 Å². The minimum Gasteiger partial charge on any atom is -0.465 e. The normalized spacial score (nSPS) is 17.0. The molecule has 0 spiro atoms. The molecule has 1 saturated heterocycles. The van der Waals surface area contributed by atoms with Crippen LogP contribution in [0.2, 0.25) is 0 Å². The molecule has 2 heterocycles. The lowest BCUT2D eigenvalue weighted by Gasteiger charge is -2.29. The lowest BCUT2D eigenvalue weighted by Crippen LogP contribution is -2.54. The lowest BCUT2D eigenvalue weighted by atomic mass is 10.1. The summed E-state index contributed by atoms with van der Waals surface area (Å²) in [4.78, 5) is 26.2. The highest BCUT2D eigenvalue weighted by molar-refractivity contribution is 7.80. The Labute approximate surface area is 144 Å². The van der Waals surface area contributed by atoms with Crippen molar-refractivity contribution in [2.75, 3.05) is 4.90 Å². The zero-order valence-electron chi connectivity index (χ0n) is 12.9. The molecule has 1 aliphatic rings. The van der Waals surface area contributed by atoms with Crippen LogP contribution in [0.15, 0.2) is 64.8 Å². The van der Waals surface area contributed by atoms with Crippen LogP contribution in [-0.2, 0) is 9.59 Å². The summed E-state index contributed by atoms with van der Waals surface area (Å²) in [5.41, 5.74) is 1.54. The van der Waals surface area contributed by atoms with Crippen LogP contribution in [0.4, 0.5) is 5.69 Å². The quantitative estimate of drug-likeness (QED) is 0.531. The van der Waals surface area contributed by atoms with Gasteiger partial charge in [-0.05, 0) is 55.1 Å². The number of furan rings is 1. The Morgan fingerprint density at radius 2 is 1.96 bits per heavy atom. The van der Waals surface area contributed by atoms with Crippen molar-refractivity contribution in [1.82, 2.24) is 5.32 Å².